The summed E-state index contributed by atoms with van der Waals surface area (Å²) in [6.07, 6.45) is -0.161. The van der Waals surface area contributed by atoms with Gasteiger partial charge in [0.15, 0.2) is 10.8 Å². The van der Waals surface area contributed by atoms with Crippen LogP contribution in [0.5, 0.6) is 0 Å². The average molecular weight is 399 g/mol. The number of nitrogens with zero attached hydrogens (tertiary/aromatic N) is 3. The van der Waals surface area contributed by atoms with Gasteiger partial charge in [0, 0.05) is 18.7 Å². The Balaban J connectivity index is 1.78. The molecule has 2 aromatic heterocycles. The van der Waals surface area contributed by atoms with Gasteiger partial charge in [0.2, 0.25) is 5.95 Å². The van der Waals surface area contributed by atoms with E-state index in [0.29, 0.717) is 18.8 Å². The normalized spacial score (nSPS) is 17.6. The Hall–Kier alpha value is -2.36. The van der Waals surface area contributed by atoms with E-state index >= 15 is 0 Å². The zero-order valence-corrected chi connectivity index (χ0v) is 15.5. The molecule has 1 aliphatic rings. The van der Waals surface area contributed by atoms with Crippen molar-refractivity contribution in [2.45, 2.75) is 44.9 Å². The molecule has 1 atom stereocenters. The van der Waals surface area contributed by atoms with Gasteiger partial charge in [-0.1, -0.05) is 0 Å². The van der Waals surface area contributed by atoms with Crippen LogP contribution in [0, 0.1) is 0 Å². The monoisotopic (exact) mass is 399 g/mol. The van der Waals surface area contributed by atoms with E-state index in [1.54, 1.807) is 12.1 Å². The standard InChI is InChI=1S/C17H20F3N5OS/c1-11-5-2-3-7-25(11)14-9-13(17(18,19)20)22-15(23-14)24-16(27)21-10-12-6-4-8-26-12/h4,6,8-9,11H,2-3,5,7,10H2,1H3,(H2,21,22,23,24,27). The minimum Gasteiger partial charge on any atom is -0.467 e. The van der Waals surface area contributed by atoms with Crippen molar-refractivity contribution < 1.29 is 17.6 Å². The van der Waals surface area contributed by atoms with E-state index in [1.165, 1.54) is 6.26 Å². The van der Waals surface area contributed by atoms with Gasteiger partial charge in [-0.3, -0.25) is 0 Å². The van der Waals surface area contributed by atoms with Gasteiger partial charge in [-0.15, -0.1) is 0 Å². The zero-order chi connectivity index (χ0) is 19.4. The highest BCUT2D eigenvalue weighted by molar-refractivity contribution is 7.80. The molecule has 3 heterocycles. The van der Waals surface area contributed by atoms with E-state index in [-0.39, 0.29) is 22.9 Å². The van der Waals surface area contributed by atoms with Crippen molar-refractivity contribution in [1.82, 2.24) is 15.3 Å². The smallest absolute Gasteiger partial charge is 0.433 e. The molecular weight excluding hydrogens is 379 g/mol. The van der Waals surface area contributed by atoms with Crippen LogP contribution < -0.4 is 15.5 Å². The van der Waals surface area contributed by atoms with Crippen molar-refractivity contribution in [3.8, 4) is 0 Å². The number of hydrogen-bond acceptors (Lipinski definition) is 5. The first-order valence-electron chi connectivity index (χ1n) is 8.63. The predicted octanol–water partition coefficient (Wildman–Crippen LogP) is 3.95. The molecule has 27 heavy (non-hydrogen) atoms. The molecule has 0 aromatic carbocycles. The van der Waals surface area contributed by atoms with E-state index in [0.717, 1.165) is 25.3 Å². The van der Waals surface area contributed by atoms with Gasteiger partial charge in [-0.25, -0.2) is 4.98 Å². The largest absolute Gasteiger partial charge is 0.467 e. The van der Waals surface area contributed by atoms with E-state index in [2.05, 4.69) is 20.6 Å². The van der Waals surface area contributed by atoms with Gasteiger partial charge in [0.05, 0.1) is 12.8 Å². The quantitative estimate of drug-likeness (QED) is 0.755. The average Bonchev–Trinajstić information content (AvgIpc) is 3.13. The fraction of sp³-hybridized carbons (Fsp3) is 0.471. The molecule has 1 aliphatic heterocycles. The number of halogens is 3. The maximum Gasteiger partial charge on any atom is 0.433 e. The van der Waals surface area contributed by atoms with Crippen molar-refractivity contribution in [2.75, 3.05) is 16.8 Å². The predicted molar refractivity (Wildman–Crippen MR) is 99.5 cm³/mol. The number of alkyl halides is 3. The number of thiocarbonyl (C=S) groups is 1. The maximum absolute atomic E-state index is 13.3. The van der Waals surface area contributed by atoms with Crippen molar-refractivity contribution in [3.63, 3.8) is 0 Å². The van der Waals surface area contributed by atoms with E-state index in [4.69, 9.17) is 16.6 Å². The Morgan fingerprint density at radius 1 is 1.37 bits per heavy atom. The number of hydrogen-bond donors (Lipinski definition) is 2. The van der Waals surface area contributed by atoms with Crippen LogP contribution in [0.3, 0.4) is 0 Å². The number of anilines is 2. The Labute approximate surface area is 160 Å². The minimum atomic E-state index is -4.57. The van der Waals surface area contributed by atoms with Crippen molar-refractivity contribution in [1.29, 1.82) is 0 Å². The van der Waals surface area contributed by atoms with Gasteiger partial charge in [0.25, 0.3) is 0 Å². The Bertz CT molecular complexity index is 781. The SMILES string of the molecule is CC1CCCCN1c1cc(C(F)(F)F)nc(NC(=S)NCc2ccco2)n1. The summed E-state index contributed by atoms with van der Waals surface area (Å²) in [7, 11) is 0. The molecule has 10 heteroatoms. The van der Waals surface area contributed by atoms with Gasteiger partial charge in [-0.05, 0) is 50.5 Å². The molecule has 0 aliphatic carbocycles. The van der Waals surface area contributed by atoms with Crippen molar-refractivity contribution in [3.05, 3.63) is 35.9 Å². The molecule has 0 bridgehead atoms. The molecule has 3 rings (SSSR count). The Morgan fingerprint density at radius 2 is 2.19 bits per heavy atom. The van der Waals surface area contributed by atoms with Crippen molar-refractivity contribution in [2.24, 2.45) is 0 Å². The minimum absolute atomic E-state index is 0.114. The fourth-order valence-corrected chi connectivity index (χ4v) is 3.11. The first kappa shape index (κ1) is 19.4. The molecule has 0 spiro atoms. The second kappa shape index (κ2) is 8.12. The van der Waals surface area contributed by atoms with Gasteiger partial charge in [0.1, 0.15) is 11.6 Å². The number of aromatic nitrogens is 2. The lowest BCUT2D eigenvalue weighted by molar-refractivity contribution is -0.141. The summed E-state index contributed by atoms with van der Waals surface area (Å²) in [4.78, 5) is 9.72. The molecule has 0 amide bonds. The Kier molecular flexibility index (Phi) is 5.83. The van der Waals surface area contributed by atoms with Crippen LogP contribution in [-0.4, -0.2) is 27.7 Å². The summed E-state index contributed by atoms with van der Waals surface area (Å²) in [6, 6.07) is 4.60. The van der Waals surface area contributed by atoms with Crippen LogP contribution in [-0.2, 0) is 12.7 Å². The highest BCUT2D eigenvalue weighted by atomic mass is 32.1. The first-order valence-corrected chi connectivity index (χ1v) is 9.04. The van der Waals surface area contributed by atoms with E-state index < -0.39 is 11.9 Å². The summed E-state index contributed by atoms with van der Waals surface area (Å²) in [5.41, 5.74) is -0.999. The third-order valence-corrected chi connectivity index (χ3v) is 4.58. The summed E-state index contributed by atoms with van der Waals surface area (Å²) in [5, 5.41) is 5.61. The number of piperidine rings is 1. The maximum atomic E-state index is 13.3. The summed E-state index contributed by atoms with van der Waals surface area (Å²) in [6.45, 7) is 2.95. The molecule has 6 nitrogen and oxygen atoms in total. The zero-order valence-electron chi connectivity index (χ0n) is 14.7. The third kappa shape index (κ3) is 5.09. The van der Waals surface area contributed by atoms with Crippen LogP contribution in [0.25, 0.3) is 0 Å². The molecule has 2 aromatic rings. The van der Waals surface area contributed by atoms with Gasteiger partial charge < -0.3 is 20.0 Å². The number of furan rings is 1. The lowest BCUT2D eigenvalue weighted by Crippen LogP contribution is -2.38. The lowest BCUT2D eigenvalue weighted by Gasteiger charge is -2.34. The highest BCUT2D eigenvalue weighted by Crippen LogP contribution is 2.32. The number of rotatable bonds is 4. The topological polar surface area (TPSA) is 66.2 Å². The Morgan fingerprint density at radius 3 is 2.85 bits per heavy atom. The molecule has 2 N–H and O–H groups in total. The molecule has 1 saturated heterocycles. The van der Waals surface area contributed by atoms with Crippen LogP contribution in [0.1, 0.15) is 37.6 Å². The highest BCUT2D eigenvalue weighted by Gasteiger charge is 2.35. The summed E-state index contributed by atoms with van der Waals surface area (Å²) < 4.78 is 45.0. The summed E-state index contributed by atoms with van der Waals surface area (Å²) in [5.74, 6) is 0.711. The van der Waals surface area contributed by atoms with Crippen LogP contribution in [0.15, 0.2) is 28.9 Å². The van der Waals surface area contributed by atoms with E-state index in [9.17, 15) is 13.2 Å². The second-order valence-corrected chi connectivity index (χ2v) is 6.77. The van der Waals surface area contributed by atoms with Gasteiger partial charge in [-0.2, -0.15) is 18.2 Å². The molecule has 1 unspecified atom stereocenters. The second-order valence-electron chi connectivity index (χ2n) is 6.36. The van der Waals surface area contributed by atoms with Gasteiger partial charge >= 0.3 is 6.18 Å². The first-order chi connectivity index (χ1) is 12.8. The molecular formula is C17H20F3N5OS. The fourth-order valence-electron chi connectivity index (χ4n) is 2.95. The van der Waals surface area contributed by atoms with Crippen LogP contribution >= 0.6 is 12.2 Å². The van der Waals surface area contributed by atoms with Crippen LogP contribution in [0.2, 0.25) is 0 Å². The van der Waals surface area contributed by atoms with Crippen molar-refractivity contribution >= 4 is 29.1 Å². The molecule has 0 radical (unpaired) electrons. The third-order valence-electron chi connectivity index (χ3n) is 4.33. The number of nitrogens with one attached hydrogen (secondary N) is 2. The molecule has 0 saturated carbocycles. The summed E-state index contributed by atoms with van der Waals surface area (Å²) >= 11 is 5.13. The molecule has 146 valence electrons. The lowest BCUT2D eigenvalue weighted by atomic mass is 10.0. The molecule has 1 fully saturated rings. The van der Waals surface area contributed by atoms with Crippen LogP contribution in [0.4, 0.5) is 24.9 Å². The van der Waals surface area contributed by atoms with E-state index in [1.807, 2.05) is 11.8 Å².